The van der Waals surface area contributed by atoms with E-state index in [0.717, 1.165) is 48.3 Å². The maximum absolute atomic E-state index is 10.7. The lowest BCUT2D eigenvalue weighted by molar-refractivity contribution is -0.137. The summed E-state index contributed by atoms with van der Waals surface area (Å²) >= 11 is 6.48. The Morgan fingerprint density at radius 3 is 2.70 bits per heavy atom. The lowest BCUT2D eigenvalue weighted by Crippen LogP contribution is -2.35. The summed E-state index contributed by atoms with van der Waals surface area (Å²) in [5.74, 6) is 0.0706. The molecule has 6 nitrogen and oxygen atoms in total. The number of likely N-dealkylation sites (tertiary alicyclic amines) is 1. The molecule has 0 aliphatic carbocycles. The average molecular weight is 450 g/mol. The second kappa shape index (κ2) is 10.2. The minimum atomic E-state index is -0.734. The molecule has 1 aromatic heterocycles. The molecule has 0 spiro atoms. The van der Waals surface area contributed by atoms with Crippen LogP contribution in [0.1, 0.15) is 25.7 Å². The van der Waals surface area contributed by atoms with Gasteiger partial charge in [-0.05, 0) is 68.8 Å². The van der Waals surface area contributed by atoms with Crippen LogP contribution in [0, 0.1) is 0 Å². The summed E-state index contributed by atoms with van der Waals surface area (Å²) < 4.78 is 7.74. The van der Waals surface area contributed by atoms with Gasteiger partial charge in [0.2, 0.25) is 0 Å². The topological polar surface area (TPSA) is 67.6 Å². The van der Waals surface area contributed by atoms with Crippen LogP contribution < -0.4 is 4.74 Å². The lowest BCUT2D eigenvalue weighted by atomic mass is 10.2. The molecule has 1 atom stereocenters. The quantitative estimate of drug-likeness (QED) is 0.534. The molecule has 160 valence electrons. The van der Waals surface area contributed by atoms with Crippen LogP contribution in [-0.2, 0) is 4.79 Å². The van der Waals surface area contributed by atoms with Gasteiger partial charge >= 0.3 is 5.97 Å². The fourth-order valence-corrected chi connectivity index (χ4v) is 4.15. The van der Waals surface area contributed by atoms with Gasteiger partial charge in [0, 0.05) is 17.8 Å². The van der Waals surface area contributed by atoms with Crippen LogP contribution in [-0.4, -0.2) is 51.5 Å². The van der Waals surface area contributed by atoms with E-state index in [0.29, 0.717) is 24.2 Å². The number of aliphatic carboxylic acids is 1. The zero-order chi connectivity index (χ0) is 20.2. The molecule has 1 saturated heterocycles. The molecular weight excluding hydrogens is 425 g/mol. The van der Waals surface area contributed by atoms with Crippen LogP contribution in [0.4, 0.5) is 0 Å². The number of carboxylic acids is 1. The summed E-state index contributed by atoms with van der Waals surface area (Å²) in [6.45, 7) is 2.43. The zero-order valence-electron chi connectivity index (χ0n) is 16.5. The molecule has 8 heteroatoms. The zero-order valence-corrected chi connectivity index (χ0v) is 18.1. The smallest absolute Gasteiger partial charge is 0.303 e. The Morgan fingerprint density at radius 2 is 1.97 bits per heavy atom. The predicted molar refractivity (Wildman–Crippen MR) is 120 cm³/mol. The highest BCUT2D eigenvalue weighted by atomic mass is 35.5. The number of carboxylic acid groups (broad SMARTS) is 1. The van der Waals surface area contributed by atoms with Crippen molar-refractivity contribution in [2.75, 3.05) is 19.7 Å². The van der Waals surface area contributed by atoms with E-state index in [9.17, 15) is 4.79 Å². The van der Waals surface area contributed by atoms with Crippen LogP contribution in [0.5, 0.6) is 5.75 Å². The van der Waals surface area contributed by atoms with Crippen molar-refractivity contribution in [3.8, 4) is 11.4 Å². The third-order valence-electron chi connectivity index (χ3n) is 5.38. The second-order valence-corrected chi connectivity index (χ2v) is 7.71. The standard InChI is InChI=1S/C22H24ClN3O3.ClH/c23-22-19-6-1-2-7-20(19)24-26(22)16-9-11-18(12-10-16)29-15-17-5-3-13-25(17)14-4-8-21(27)28;/h1-2,6-7,9-12,17H,3-5,8,13-15H2,(H,27,28);1H/t17-;/m0./s1. The van der Waals surface area contributed by atoms with Crippen LogP contribution in [0.2, 0.25) is 5.15 Å². The van der Waals surface area contributed by atoms with Gasteiger partial charge in [-0.3, -0.25) is 9.69 Å². The monoisotopic (exact) mass is 449 g/mol. The van der Waals surface area contributed by atoms with Gasteiger partial charge in [-0.25, -0.2) is 4.68 Å². The van der Waals surface area contributed by atoms with Gasteiger partial charge in [-0.2, -0.15) is 5.10 Å². The third-order valence-corrected chi connectivity index (χ3v) is 5.74. The lowest BCUT2D eigenvalue weighted by Gasteiger charge is -2.24. The third kappa shape index (κ3) is 5.06. The number of carbonyl (C=O) groups is 1. The minimum Gasteiger partial charge on any atom is -0.492 e. The highest BCUT2D eigenvalue weighted by molar-refractivity contribution is 6.34. The summed E-state index contributed by atoms with van der Waals surface area (Å²) in [5, 5.41) is 14.9. The highest BCUT2D eigenvalue weighted by Crippen LogP contribution is 2.27. The van der Waals surface area contributed by atoms with Gasteiger partial charge < -0.3 is 9.84 Å². The maximum Gasteiger partial charge on any atom is 0.303 e. The molecule has 0 bridgehead atoms. The normalized spacial score (nSPS) is 16.5. The first-order valence-electron chi connectivity index (χ1n) is 9.94. The Bertz CT molecular complexity index is 991. The van der Waals surface area contributed by atoms with Crippen molar-refractivity contribution in [2.24, 2.45) is 0 Å². The number of rotatable bonds is 8. The Hall–Kier alpha value is -2.28. The van der Waals surface area contributed by atoms with Crippen molar-refractivity contribution in [2.45, 2.75) is 31.7 Å². The minimum absolute atomic E-state index is 0. The predicted octanol–water partition coefficient (Wildman–Crippen LogP) is 4.81. The molecule has 1 N–H and O–H groups in total. The van der Waals surface area contributed by atoms with Gasteiger partial charge in [0.05, 0.1) is 11.2 Å². The summed E-state index contributed by atoms with van der Waals surface area (Å²) in [7, 11) is 0. The fraction of sp³-hybridized carbons (Fsp3) is 0.364. The van der Waals surface area contributed by atoms with Crippen molar-refractivity contribution in [1.82, 2.24) is 14.7 Å². The molecule has 1 aliphatic heterocycles. The molecule has 0 amide bonds. The van der Waals surface area contributed by atoms with Gasteiger partial charge in [-0.15, -0.1) is 12.4 Å². The molecule has 2 heterocycles. The Kier molecular flexibility index (Phi) is 7.58. The number of fused-ring (bicyclic) bond motifs is 1. The average Bonchev–Trinajstić information content (AvgIpc) is 3.31. The van der Waals surface area contributed by atoms with Gasteiger partial charge in [0.15, 0.2) is 0 Å². The summed E-state index contributed by atoms with van der Waals surface area (Å²) in [5.41, 5.74) is 1.75. The molecule has 3 aromatic rings. The van der Waals surface area contributed by atoms with E-state index in [4.69, 9.17) is 21.4 Å². The van der Waals surface area contributed by atoms with Crippen molar-refractivity contribution in [3.63, 3.8) is 0 Å². The van der Waals surface area contributed by atoms with E-state index in [-0.39, 0.29) is 18.8 Å². The molecule has 1 fully saturated rings. The molecule has 0 saturated carbocycles. The SMILES string of the molecule is Cl.O=C(O)CCCN1CCC[C@H]1COc1ccc(-n2nc3ccccc3c2Cl)cc1. The molecule has 30 heavy (non-hydrogen) atoms. The Labute approximate surface area is 186 Å². The first-order chi connectivity index (χ1) is 14.1. The summed E-state index contributed by atoms with van der Waals surface area (Å²) in [6, 6.07) is 15.9. The highest BCUT2D eigenvalue weighted by Gasteiger charge is 2.24. The molecular formula is C22H25Cl2N3O3. The van der Waals surface area contributed by atoms with Gasteiger partial charge in [-0.1, -0.05) is 23.7 Å². The molecule has 0 radical (unpaired) electrons. The van der Waals surface area contributed by atoms with Crippen LogP contribution in [0.25, 0.3) is 16.6 Å². The fourth-order valence-electron chi connectivity index (χ4n) is 3.86. The van der Waals surface area contributed by atoms with Crippen molar-refractivity contribution in [1.29, 1.82) is 0 Å². The van der Waals surface area contributed by atoms with Crippen molar-refractivity contribution in [3.05, 3.63) is 53.7 Å². The number of aromatic nitrogens is 2. The Morgan fingerprint density at radius 1 is 1.20 bits per heavy atom. The van der Waals surface area contributed by atoms with Crippen LogP contribution in [0.3, 0.4) is 0 Å². The number of ether oxygens (including phenoxy) is 1. The molecule has 2 aromatic carbocycles. The van der Waals surface area contributed by atoms with E-state index in [2.05, 4.69) is 10.00 Å². The van der Waals surface area contributed by atoms with E-state index in [1.54, 1.807) is 4.68 Å². The first-order valence-corrected chi connectivity index (χ1v) is 10.3. The number of halogens is 2. The van der Waals surface area contributed by atoms with E-state index in [1.807, 2.05) is 48.5 Å². The van der Waals surface area contributed by atoms with E-state index < -0.39 is 5.97 Å². The molecule has 1 aliphatic rings. The number of nitrogens with zero attached hydrogens (tertiary/aromatic N) is 3. The van der Waals surface area contributed by atoms with Gasteiger partial charge in [0.25, 0.3) is 0 Å². The summed E-state index contributed by atoms with van der Waals surface area (Å²) in [6.07, 6.45) is 3.11. The maximum atomic E-state index is 10.7. The number of benzene rings is 2. The van der Waals surface area contributed by atoms with Crippen molar-refractivity contribution < 1.29 is 14.6 Å². The Balaban J connectivity index is 0.00000256. The molecule has 0 unspecified atom stereocenters. The summed E-state index contributed by atoms with van der Waals surface area (Å²) in [4.78, 5) is 13.0. The van der Waals surface area contributed by atoms with Crippen molar-refractivity contribution >= 4 is 40.9 Å². The van der Waals surface area contributed by atoms with Crippen LogP contribution in [0.15, 0.2) is 48.5 Å². The van der Waals surface area contributed by atoms with Gasteiger partial charge in [0.1, 0.15) is 17.5 Å². The molecule has 4 rings (SSSR count). The first kappa shape index (κ1) is 22.4. The van der Waals surface area contributed by atoms with Crippen LogP contribution >= 0.6 is 24.0 Å². The second-order valence-electron chi connectivity index (χ2n) is 7.35. The number of hydrogen-bond acceptors (Lipinski definition) is 4. The largest absolute Gasteiger partial charge is 0.492 e. The number of hydrogen-bond donors (Lipinski definition) is 1. The van der Waals surface area contributed by atoms with E-state index >= 15 is 0 Å². The van der Waals surface area contributed by atoms with E-state index in [1.165, 1.54) is 0 Å².